The molecule has 0 aliphatic heterocycles. The Morgan fingerprint density at radius 2 is 1.63 bits per heavy atom. The van der Waals surface area contributed by atoms with E-state index < -0.39 is 0 Å². The smallest absolute Gasteiger partial charge is 0.187 e. The number of para-hydroxylation sites is 1. The number of nitrogens with one attached hydrogen (secondary N) is 1. The van der Waals surface area contributed by atoms with Crippen LogP contribution >= 0.6 is 11.3 Å². The number of hydrogen-bond donors (Lipinski definition) is 1. The molecule has 0 amide bonds. The van der Waals surface area contributed by atoms with E-state index in [4.69, 9.17) is 5.41 Å². The Bertz CT molecular complexity index is 754. The second-order valence-corrected chi connectivity index (χ2v) is 5.45. The highest BCUT2D eigenvalue weighted by molar-refractivity contribution is 7.12. The van der Waals surface area contributed by atoms with Gasteiger partial charge in [-0.3, -0.25) is 9.98 Å². The van der Waals surface area contributed by atoms with Gasteiger partial charge in [0.2, 0.25) is 0 Å². The second-order valence-electron chi connectivity index (χ2n) is 4.42. The summed E-state index contributed by atoms with van der Waals surface area (Å²) in [4.78, 5) is 1.67. The second kappa shape index (κ2) is 4.86. The molecule has 3 aromatic rings. The molecule has 2 aromatic carbocycles. The summed E-state index contributed by atoms with van der Waals surface area (Å²) in [6.45, 7) is 2.07. The molecule has 3 heteroatoms. The van der Waals surface area contributed by atoms with Crippen LogP contribution in [-0.2, 0) is 0 Å². The fourth-order valence-corrected chi connectivity index (χ4v) is 2.97. The van der Waals surface area contributed by atoms with Gasteiger partial charge in [-0.15, -0.1) is 0 Å². The molecule has 0 saturated carbocycles. The molecule has 1 heterocycles. The maximum absolute atomic E-state index is 8.16. The van der Waals surface area contributed by atoms with Gasteiger partial charge in [-0.05, 0) is 24.1 Å². The van der Waals surface area contributed by atoms with Gasteiger partial charge in [-0.2, -0.15) is 0 Å². The summed E-state index contributed by atoms with van der Waals surface area (Å²) in [6, 6.07) is 18.4. The predicted octanol–water partition coefficient (Wildman–Crippen LogP) is 3.99. The molecule has 94 valence electrons. The Morgan fingerprint density at radius 1 is 0.947 bits per heavy atom. The molecule has 3 rings (SSSR count). The monoisotopic (exact) mass is 266 g/mol. The Morgan fingerprint density at radius 3 is 2.37 bits per heavy atom. The predicted molar refractivity (Wildman–Crippen MR) is 79.7 cm³/mol. The van der Waals surface area contributed by atoms with Crippen LogP contribution in [0.5, 0.6) is 0 Å². The average Bonchev–Trinajstić information content (AvgIpc) is 2.82. The highest BCUT2D eigenvalue weighted by Gasteiger charge is 2.07. The van der Waals surface area contributed by atoms with E-state index >= 15 is 0 Å². The lowest BCUT2D eigenvalue weighted by molar-refractivity contribution is 0.969. The molecule has 0 aliphatic rings. The molecular weight excluding hydrogens is 252 g/mol. The van der Waals surface area contributed by atoms with E-state index in [0.29, 0.717) is 4.80 Å². The van der Waals surface area contributed by atoms with Crippen molar-refractivity contribution in [1.82, 2.24) is 4.57 Å². The molecular formula is C16H14N2S. The maximum Gasteiger partial charge on any atom is 0.187 e. The number of nitrogens with zero attached hydrogens (tertiary/aromatic N) is 1. The average molecular weight is 266 g/mol. The van der Waals surface area contributed by atoms with Crippen LogP contribution in [0.2, 0.25) is 0 Å². The van der Waals surface area contributed by atoms with Crippen molar-refractivity contribution in [2.45, 2.75) is 6.92 Å². The zero-order valence-electron chi connectivity index (χ0n) is 10.6. The Kier molecular flexibility index (Phi) is 3.05. The Hall–Kier alpha value is -2.13. The zero-order valence-corrected chi connectivity index (χ0v) is 11.4. The van der Waals surface area contributed by atoms with Crippen molar-refractivity contribution in [3.63, 3.8) is 0 Å². The molecule has 0 radical (unpaired) electrons. The lowest BCUT2D eigenvalue weighted by Gasteiger charge is -2.05. The number of aromatic nitrogens is 1. The van der Waals surface area contributed by atoms with Crippen LogP contribution in [0.4, 0.5) is 0 Å². The van der Waals surface area contributed by atoms with E-state index in [0.717, 1.165) is 16.1 Å². The highest BCUT2D eigenvalue weighted by atomic mass is 32.1. The third-order valence-electron chi connectivity index (χ3n) is 3.11. The third kappa shape index (κ3) is 2.25. The van der Waals surface area contributed by atoms with Gasteiger partial charge in [0.1, 0.15) is 0 Å². The number of thiazole rings is 1. The largest absolute Gasteiger partial charge is 0.292 e. The molecule has 0 atom stereocenters. The first kappa shape index (κ1) is 11.9. The maximum atomic E-state index is 8.16. The first-order chi connectivity index (χ1) is 9.25. The summed E-state index contributed by atoms with van der Waals surface area (Å²) in [5.41, 5.74) is 3.41. The summed E-state index contributed by atoms with van der Waals surface area (Å²) in [7, 11) is 0. The Labute approximate surface area is 116 Å². The molecule has 1 N–H and O–H groups in total. The van der Waals surface area contributed by atoms with Crippen molar-refractivity contribution >= 4 is 11.3 Å². The number of hydrogen-bond acceptors (Lipinski definition) is 2. The molecule has 1 aromatic heterocycles. The van der Waals surface area contributed by atoms with Crippen molar-refractivity contribution in [2.75, 3.05) is 0 Å². The van der Waals surface area contributed by atoms with E-state index in [2.05, 4.69) is 31.2 Å². The van der Waals surface area contributed by atoms with E-state index in [9.17, 15) is 0 Å². The van der Waals surface area contributed by atoms with Crippen LogP contribution in [0.25, 0.3) is 16.1 Å². The fourth-order valence-electron chi connectivity index (χ4n) is 2.10. The molecule has 0 saturated heterocycles. The number of benzene rings is 2. The summed E-state index contributed by atoms with van der Waals surface area (Å²) < 4.78 is 1.95. The third-order valence-corrected chi connectivity index (χ3v) is 4.06. The Balaban J connectivity index is 2.14. The lowest BCUT2D eigenvalue weighted by atomic mass is 10.2. The number of aryl methyl sites for hydroxylation is 1. The van der Waals surface area contributed by atoms with Crippen LogP contribution in [-0.4, -0.2) is 4.57 Å². The van der Waals surface area contributed by atoms with Gasteiger partial charge < -0.3 is 0 Å². The van der Waals surface area contributed by atoms with Gasteiger partial charge in [0.05, 0.1) is 10.6 Å². The fraction of sp³-hybridized carbons (Fsp3) is 0.0625. The zero-order chi connectivity index (χ0) is 13.2. The van der Waals surface area contributed by atoms with Crippen molar-refractivity contribution in [3.05, 3.63) is 71.2 Å². The van der Waals surface area contributed by atoms with Crippen molar-refractivity contribution in [1.29, 1.82) is 5.41 Å². The first-order valence-corrected chi connectivity index (χ1v) is 6.96. The van der Waals surface area contributed by atoms with Crippen LogP contribution in [0.15, 0.2) is 60.8 Å². The summed E-state index contributed by atoms with van der Waals surface area (Å²) in [5.74, 6) is 0. The molecule has 0 aliphatic carbocycles. The normalized spacial score (nSPS) is 10.6. The quantitative estimate of drug-likeness (QED) is 0.726. The van der Waals surface area contributed by atoms with Crippen LogP contribution in [0, 0.1) is 12.3 Å². The molecule has 19 heavy (non-hydrogen) atoms. The van der Waals surface area contributed by atoms with Crippen LogP contribution in [0.3, 0.4) is 0 Å². The van der Waals surface area contributed by atoms with Crippen LogP contribution in [0.1, 0.15) is 5.56 Å². The minimum atomic E-state index is 0.549. The van der Waals surface area contributed by atoms with Crippen LogP contribution < -0.4 is 4.80 Å². The number of rotatable bonds is 2. The van der Waals surface area contributed by atoms with E-state index in [-0.39, 0.29) is 0 Å². The summed E-state index contributed by atoms with van der Waals surface area (Å²) in [6.07, 6.45) is 2.05. The van der Waals surface area contributed by atoms with Gasteiger partial charge in [-0.25, -0.2) is 0 Å². The van der Waals surface area contributed by atoms with Gasteiger partial charge in [-0.1, -0.05) is 59.9 Å². The van der Waals surface area contributed by atoms with Crippen molar-refractivity contribution < 1.29 is 0 Å². The van der Waals surface area contributed by atoms with Crippen molar-refractivity contribution in [2.24, 2.45) is 0 Å². The first-order valence-electron chi connectivity index (χ1n) is 6.14. The molecule has 0 bridgehead atoms. The highest BCUT2D eigenvalue weighted by Crippen LogP contribution is 2.23. The minimum Gasteiger partial charge on any atom is -0.292 e. The van der Waals surface area contributed by atoms with E-state index in [1.807, 2.05) is 41.1 Å². The standard InChI is InChI=1S/C16H14N2S/c1-12-7-5-6-10-14(12)18-11-15(19-16(18)17)13-8-3-2-4-9-13/h2-11,17H,1H3. The summed E-state index contributed by atoms with van der Waals surface area (Å²) in [5, 5.41) is 8.16. The topological polar surface area (TPSA) is 28.8 Å². The molecule has 2 nitrogen and oxygen atoms in total. The molecule has 0 fully saturated rings. The van der Waals surface area contributed by atoms with Gasteiger partial charge in [0.15, 0.2) is 4.80 Å². The minimum absolute atomic E-state index is 0.549. The van der Waals surface area contributed by atoms with Gasteiger partial charge >= 0.3 is 0 Å². The van der Waals surface area contributed by atoms with Gasteiger partial charge in [0, 0.05) is 6.20 Å². The SMILES string of the molecule is Cc1ccccc1-n1cc(-c2ccccc2)sc1=N. The van der Waals surface area contributed by atoms with Gasteiger partial charge in [0.25, 0.3) is 0 Å². The van der Waals surface area contributed by atoms with E-state index in [1.54, 1.807) is 0 Å². The van der Waals surface area contributed by atoms with E-state index in [1.165, 1.54) is 16.9 Å². The molecule has 0 unspecified atom stereocenters. The van der Waals surface area contributed by atoms with Crippen molar-refractivity contribution in [3.8, 4) is 16.1 Å². The summed E-state index contributed by atoms with van der Waals surface area (Å²) >= 11 is 1.50. The molecule has 0 spiro atoms. The lowest BCUT2D eigenvalue weighted by Crippen LogP contribution is -2.10.